The maximum atomic E-state index is 13.6. The third kappa shape index (κ3) is 11.4. The van der Waals surface area contributed by atoms with Crippen molar-refractivity contribution in [3.05, 3.63) is 72.0 Å². The topological polar surface area (TPSA) is 242 Å². The highest BCUT2D eigenvalue weighted by Crippen LogP contribution is 2.26. The van der Waals surface area contributed by atoms with E-state index < -0.39 is 78.0 Å². The van der Waals surface area contributed by atoms with E-state index in [-0.39, 0.29) is 18.7 Å². The summed E-state index contributed by atoms with van der Waals surface area (Å²) in [6.07, 6.45) is 1.96. The number of carboxylic acids is 1. The number of aryl methyl sites for hydroxylation is 1. The Labute approximate surface area is 325 Å². The third-order valence-electron chi connectivity index (χ3n) is 9.75. The van der Waals surface area contributed by atoms with Crippen LogP contribution in [0.3, 0.4) is 0 Å². The fraction of sp³-hybridized carbons (Fsp3) is 0.425. The van der Waals surface area contributed by atoms with Crippen molar-refractivity contribution in [2.45, 2.75) is 96.8 Å². The van der Waals surface area contributed by atoms with Gasteiger partial charge in [-0.2, -0.15) is 0 Å². The number of nitrogens with two attached hydrogens (primary N) is 1. The molecule has 0 saturated carbocycles. The second kappa shape index (κ2) is 19.9. The number of furan rings is 1. The van der Waals surface area contributed by atoms with Gasteiger partial charge in [0.05, 0.1) is 6.42 Å². The summed E-state index contributed by atoms with van der Waals surface area (Å²) in [5.74, 6) is -5.20. The first-order chi connectivity index (χ1) is 26.7. The zero-order chi connectivity index (χ0) is 40.9. The number of carbonyl (C=O) groups excluding carboxylic acids is 6. The first kappa shape index (κ1) is 42.6. The van der Waals surface area contributed by atoms with E-state index in [1.54, 1.807) is 43.3 Å². The smallest absolute Gasteiger partial charge is 0.323 e. The SMILES string of the molecule is CCCC[C@H](NC(=O)c1ccc(-c2cccc(NC(=O)Nc3ccccc3C)c2)o1)C(=O)N[C@@H](CC(=O)O)C(=O)N[C@H](C(=O)N1CCC[C@H]1C(N)=O)C(C)CC. The Balaban J connectivity index is 1.45. The summed E-state index contributed by atoms with van der Waals surface area (Å²) in [6, 6.07) is 12.0. The maximum Gasteiger partial charge on any atom is 0.323 e. The number of benzene rings is 2. The van der Waals surface area contributed by atoms with Crippen LogP contribution >= 0.6 is 0 Å². The first-order valence-electron chi connectivity index (χ1n) is 18.8. The van der Waals surface area contributed by atoms with Gasteiger partial charge in [0, 0.05) is 23.5 Å². The van der Waals surface area contributed by atoms with Crippen LogP contribution in [-0.4, -0.2) is 82.3 Å². The van der Waals surface area contributed by atoms with E-state index in [1.807, 2.05) is 39.0 Å². The molecular formula is C40H51N7O9. The molecule has 0 radical (unpaired) electrons. The Morgan fingerprint density at radius 3 is 2.32 bits per heavy atom. The number of aliphatic carboxylic acids is 1. The second-order valence-corrected chi connectivity index (χ2v) is 13.9. The number of primary amides is 1. The fourth-order valence-corrected chi connectivity index (χ4v) is 6.37. The lowest BCUT2D eigenvalue weighted by atomic mass is 9.96. The standard InChI is InChI=1S/C40H51N7O9/c1-5-7-15-28(36(51)44-29(22-33(48)49)37(52)46-34(23(3)6-2)39(54)47-20-11-17-30(47)35(41)50)43-38(53)32-19-18-31(56-32)25-13-10-14-26(21-25)42-40(55)45-27-16-9-8-12-24(27)4/h8-10,12-14,16,18-19,21,23,28-30,34H,5-7,11,15,17,20,22H2,1-4H3,(H2,41,50)(H,43,53)(H,44,51)(H,46,52)(H,48,49)(H2,42,45,55)/t23?,28-,29-,30-,34-/m0/s1. The zero-order valence-electron chi connectivity index (χ0n) is 32.1. The molecule has 1 aliphatic rings. The summed E-state index contributed by atoms with van der Waals surface area (Å²) in [7, 11) is 0. The molecular weight excluding hydrogens is 722 g/mol. The van der Waals surface area contributed by atoms with E-state index in [9.17, 15) is 38.7 Å². The minimum atomic E-state index is -1.60. The lowest BCUT2D eigenvalue weighted by Crippen LogP contribution is -2.59. The molecule has 0 spiro atoms. The van der Waals surface area contributed by atoms with Crippen molar-refractivity contribution < 1.29 is 43.1 Å². The van der Waals surface area contributed by atoms with E-state index in [2.05, 4.69) is 26.6 Å². The average molecular weight is 774 g/mol. The molecule has 1 aliphatic heterocycles. The minimum Gasteiger partial charge on any atom is -0.481 e. The Bertz CT molecular complexity index is 1910. The van der Waals surface area contributed by atoms with Crippen LogP contribution in [0, 0.1) is 12.8 Å². The summed E-state index contributed by atoms with van der Waals surface area (Å²) in [4.78, 5) is 92.1. The second-order valence-electron chi connectivity index (χ2n) is 13.9. The van der Waals surface area contributed by atoms with Crippen LogP contribution in [0.25, 0.3) is 11.3 Å². The molecule has 5 atom stereocenters. The number of carboxylic acid groups (broad SMARTS) is 1. The number of anilines is 2. The van der Waals surface area contributed by atoms with Crippen molar-refractivity contribution in [3.8, 4) is 11.3 Å². The Morgan fingerprint density at radius 2 is 1.64 bits per heavy atom. The van der Waals surface area contributed by atoms with Gasteiger partial charge in [-0.3, -0.25) is 28.8 Å². The molecule has 4 rings (SSSR count). The number of likely N-dealkylation sites (tertiary alicyclic amines) is 1. The molecule has 8 N–H and O–H groups in total. The summed E-state index contributed by atoms with van der Waals surface area (Å²) in [5, 5.41) is 23.0. The van der Waals surface area contributed by atoms with Crippen molar-refractivity contribution >= 4 is 52.9 Å². The van der Waals surface area contributed by atoms with Crippen LogP contribution in [0.5, 0.6) is 0 Å². The van der Waals surface area contributed by atoms with Crippen LogP contribution in [0.4, 0.5) is 16.2 Å². The maximum absolute atomic E-state index is 13.6. The Kier molecular flexibility index (Phi) is 15.1. The predicted octanol–water partition coefficient (Wildman–Crippen LogP) is 4.15. The van der Waals surface area contributed by atoms with Crippen LogP contribution in [-0.2, 0) is 24.0 Å². The molecule has 16 heteroatoms. The molecule has 2 heterocycles. The molecule has 1 aromatic heterocycles. The number of para-hydroxylation sites is 1. The van der Waals surface area contributed by atoms with Crippen molar-refractivity contribution in [2.24, 2.45) is 11.7 Å². The van der Waals surface area contributed by atoms with Gasteiger partial charge in [-0.25, -0.2) is 4.79 Å². The van der Waals surface area contributed by atoms with E-state index in [4.69, 9.17) is 10.2 Å². The highest BCUT2D eigenvalue weighted by atomic mass is 16.4. The molecule has 1 saturated heterocycles. The van der Waals surface area contributed by atoms with Gasteiger partial charge < -0.3 is 46.7 Å². The van der Waals surface area contributed by atoms with Crippen LogP contribution in [0.15, 0.2) is 65.1 Å². The van der Waals surface area contributed by atoms with Gasteiger partial charge in [-0.15, -0.1) is 0 Å². The third-order valence-corrected chi connectivity index (χ3v) is 9.75. The average Bonchev–Trinajstić information content (AvgIpc) is 3.87. The number of hydrogen-bond donors (Lipinski definition) is 7. The summed E-state index contributed by atoms with van der Waals surface area (Å²) in [6.45, 7) is 7.59. The van der Waals surface area contributed by atoms with Crippen molar-refractivity contribution in [1.82, 2.24) is 20.9 Å². The lowest BCUT2D eigenvalue weighted by Gasteiger charge is -2.32. The van der Waals surface area contributed by atoms with E-state index >= 15 is 0 Å². The predicted molar refractivity (Wildman–Crippen MR) is 208 cm³/mol. The number of nitrogens with zero attached hydrogens (tertiary/aromatic N) is 1. The number of carbonyl (C=O) groups is 7. The number of amides is 7. The molecule has 1 unspecified atom stereocenters. The molecule has 0 aliphatic carbocycles. The number of rotatable bonds is 18. The highest BCUT2D eigenvalue weighted by molar-refractivity contribution is 6.01. The molecule has 56 heavy (non-hydrogen) atoms. The molecule has 16 nitrogen and oxygen atoms in total. The molecule has 2 aromatic carbocycles. The number of urea groups is 1. The molecule has 1 fully saturated rings. The van der Waals surface area contributed by atoms with Crippen molar-refractivity contribution in [3.63, 3.8) is 0 Å². The van der Waals surface area contributed by atoms with Gasteiger partial charge >= 0.3 is 12.0 Å². The lowest BCUT2D eigenvalue weighted by molar-refractivity contribution is -0.143. The van der Waals surface area contributed by atoms with Gasteiger partial charge in [0.2, 0.25) is 23.6 Å². The van der Waals surface area contributed by atoms with E-state index in [0.717, 1.165) is 5.56 Å². The van der Waals surface area contributed by atoms with Crippen molar-refractivity contribution in [2.75, 3.05) is 17.2 Å². The summed E-state index contributed by atoms with van der Waals surface area (Å²) < 4.78 is 5.84. The van der Waals surface area contributed by atoms with Gasteiger partial charge in [0.15, 0.2) is 5.76 Å². The van der Waals surface area contributed by atoms with E-state index in [0.29, 0.717) is 54.8 Å². The van der Waals surface area contributed by atoms with Gasteiger partial charge in [-0.05, 0) is 68.0 Å². The number of nitrogens with one attached hydrogen (secondary N) is 5. The van der Waals surface area contributed by atoms with Gasteiger partial charge in [0.1, 0.15) is 29.9 Å². The molecule has 3 aromatic rings. The summed E-state index contributed by atoms with van der Waals surface area (Å²) in [5.41, 5.74) is 8.11. The van der Waals surface area contributed by atoms with Gasteiger partial charge in [0.25, 0.3) is 5.91 Å². The van der Waals surface area contributed by atoms with Crippen molar-refractivity contribution in [1.29, 1.82) is 0 Å². The zero-order valence-corrected chi connectivity index (χ0v) is 32.1. The quantitative estimate of drug-likeness (QED) is 0.0981. The monoisotopic (exact) mass is 773 g/mol. The van der Waals surface area contributed by atoms with Gasteiger partial charge in [-0.1, -0.05) is 70.4 Å². The van der Waals surface area contributed by atoms with E-state index in [1.165, 1.54) is 11.0 Å². The van der Waals surface area contributed by atoms with Crippen LogP contribution in [0.2, 0.25) is 0 Å². The Morgan fingerprint density at radius 1 is 0.911 bits per heavy atom. The largest absolute Gasteiger partial charge is 0.481 e. The first-order valence-corrected chi connectivity index (χ1v) is 18.8. The highest BCUT2D eigenvalue weighted by Gasteiger charge is 2.39. The fourth-order valence-electron chi connectivity index (χ4n) is 6.37. The number of unbranched alkanes of at least 4 members (excludes halogenated alkanes) is 1. The molecule has 0 bridgehead atoms. The minimum absolute atomic E-state index is 0.115. The normalized spacial score (nSPS) is 15.8. The summed E-state index contributed by atoms with van der Waals surface area (Å²) >= 11 is 0. The Hall–Kier alpha value is -6.19. The number of hydrogen-bond acceptors (Lipinski definition) is 8. The van der Waals surface area contributed by atoms with Crippen LogP contribution in [0.1, 0.15) is 81.8 Å². The van der Waals surface area contributed by atoms with Crippen LogP contribution < -0.4 is 32.3 Å². The molecule has 7 amide bonds. The molecule has 300 valence electrons.